The Labute approximate surface area is 170 Å². The lowest BCUT2D eigenvalue weighted by Crippen LogP contribution is -2.02. The number of rotatable bonds is 0. The average Bonchev–Trinajstić information content (AvgIpc) is 2.71. The predicted molar refractivity (Wildman–Crippen MR) is 106 cm³/mol. The van der Waals surface area contributed by atoms with Gasteiger partial charge in [-0.2, -0.15) is 13.2 Å². The monoisotopic (exact) mass is 410 g/mol. The second kappa shape index (κ2) is 7.84. The number of aryl methyl sites for hydroxylation is 2. The van der Waals surface area contributed by atoms with E-state index in [0.717, 1.165) is 30.4 Å². The van der Waals surface area contributed by atoms with Crippen molar-refractivity contribution in [3.05, 3.63) is 81.9 Å². The van der Waals surface area contributed by atoms with Crippen molar-refractivity contribution in [1.29, 1.82) is 0 Å². The summed E-state index contributed by atoms with van der Waals surface area (Å²) in [6, 6.07) is 11.5. The molecule has 150 valence electrons. The van der Waals surface area contributed by atoms with Crippen LogP contribution < -0.4 is 0 Å². The molecular formula is C25H15F5. The third-order valence-corrected chi connectivity index (χ3v) is 5.06. The molecule has 1 aliphatic rings. The highest BCUT2D eigenvalue weighted by Crippen LogP contribution is 2.26. The molecule has 5 heteroatoms. The minimum absolute atomic E-state index is 0.0118. The molecule has 0 nitrogen and oxygen atoms in total. The Morgan fingerprint density at radius 3 is 2.13 bits per heavy atom. The quantitative estimate of drug-likeness (QED) is 0.301. The van der Waals surface area contributed by atoms with Crippen LogP contribution in [0.3, 0.4) is 0 Å². The largest absolute Gasteiger partial charge is 0.458 e. The SMILES string of the molecule is Fc1cc2cc(C#Cc3ccc4c(c3)CCCC4)ccc2c(F)c1C#CC(F)(F)F. The van der Waals surface area contributed by atoms with Gasteiger partial charge in [-0.15, -0.1) is 0 Å². The van der Waals surface area contributed by atoms with Crippen molar-refractivity contribution >= 4 is 10.8 Å². The van der Waals surface area contributed by atoms with Crippen LogP contribution in [0, 0.1) is 35.3 Å². The van der Waals surface area contributed by atoms with Gasteiger partial charge in [0.15, 0.2) is 0 Å². The summed E-state index contributed by atoms with van der Waals surface area (Å²) in [5, 5.41) is 0.196. The number of hydrogen-bond acceptors (Lipinski definition) is 0. The molecule has 4 rings (SSSR count). The minimum Gasteiger partial charge on any atom is -0.205 e. The zero-order valence-corrected chi connectivity index (χ0v) is 15.8. The molecule has 0 atom stereocenters. The van der Waals surface area contributed by atoms with E-state index in [2.05, 4.69) is 24.0 Å². The van der Waals surface area contributed by atoms with Crippen LogP contribution in [0.2, 0.25) is 0 Å². The maximum absolute atomic E-state index is 14.5. The zero-order valence-electron chi connectivity index (χ0n) is 15.8. The Morgan fingerprint density at radius 2 is 1.40 bits per heavy atom. The van der Waals surface area contributed by atoms with Gasteiger partial charge in [0.2, 0.25) is 0 Å². The van der Waals surface area contributed by atoms with Crippen LogP contribution in [-0.4, -0.2) is 6.18 Å². The molecular weight excluding hydrogens is 395 g/mol. The summed E-state index contributed by atoms with van der Waals surface area (Å²) >= 11 is 0. The van der Waals surface area contributed by atoms with E-state index in [1.54, 1.807) is 12.0 Å². The van der Waals surface area contributed by atoms with Gasteiger partial charge in [0.25, 0.3) is 0 Å². The summed E-state index contributed by atoms with van der Waals surface area (Å²) in [5.74, 6) is 6.25. The standard InChI is InChI=1S/C25H15F5/c26-23-15-20-14-17(6-5-16-7-9-18-3-1-2-4-19(18)13-16)8-10-21(20)24(27)22(23)11-12-25(28,29)30/h7-10,13-15H,1-4H2. The molecule has 0 saturated heterocycles. The van der Waals surface area contributed by atoms with Crippen molar-refractivity contribution < 1.29 is 22.0 Å². The van der Waals surface area contributed by atoms with Crippen LogP contribution in [0.15, 0.2) is 42.5 Å². The van der Waals surface area contributed by atoms with E-state index < -0.39 is 23.4 Å². The second-order valence-corrected chi connectivity index (χ2v) is 7.17. The Kier molecular flexibility index (Phi) is 5.22. The summed E-state index contributed by atoms with van der Waals surface area (Å²) < 4.78 is 65.4. The van der Waals surface area contributed by atoms with E-state index in [0.29, 0.717) is 5.56 Å². The highest BCUT2D eigenvalue weighted by Gasteiger charge is 2.24. The van der Waals surface area contributed by atoms with E-state index >= 15 is 0 Å². The Balaban J connectivity index is 1.68. The van der Waals surface area contributed by atoms with Crippen molar-refractivity contribution in [2.24, 2.45) is 0 Å². The lowest BCUT2D eigenvalue weighted by Gasteiger charge is -2.15. The third kappa shape index (κ3) is 4.31. The molecule has 0 fully saturated rings. The molecule has 0 heterocycles. The number of halogens is 5. The molecule has 3 aromatic rings. The third-order valence-electron chi connectivity index (χ3n) is 5.06. The fraction of sp³-hybridized carbons (Fsp3) is 0.200. The summed E-state index contributed by atoms with van der Waals surface area (Å²) in [5.41, 5.74) is 3.18. The van der Waals surface area contributed by atoms with Crippen molar-refractivity contribution in [3.63, 3.8) is 0 Å². The molecule has 0 aliphatic heterocycles. The molecule has 0 saturated carbocycles. The normalized spacial score (nSPS) is 13.1. The molecule has 3 aromatic carbocycles. The molecule has 30 heavy (non-hydrogen) atoms. The minimum atomic E-state index is -4.83. The van der Waals surface area contributed by atoms with Gasteiger partial charge in [-0.3, -0.25) is 0 Å². The lowest BCUT2D eigenvalue weighted by atomic mass is 9.90. The highest BCUT2D eigenvalue weighted by molar-refractivity contribution is 5.86. The Hall–Kier alpha value is -3.31. The van der Waals surface area contributed by atoms with Gasteiger partial charge in [-0.1, -0.05) is 29.9 Å². The van der Waals surface area contributed by atoms with Crippen molar-refractivity contribution in [2.45, 2.75) is 31.9 Å². The van der Waals surface area contributed by atoms with Crippen LogP contribution in [0.25, 0.3) is 10.8 Å². The summed E-state index contributed by atoms with van der Waals surface area (Å²) in [6.07, 6.45) is -0.337. The van der Waals surface area contributed by atoms with Crippen molar-refractivity contribution in [1.82, 2.24) is 0 Å². The number of fused-ring (bicyclic) bond motifs is 2. The van der Waals surface area contributed by atoms with Gasteiger partial charge in [0.05, 0.1) is 5.56 Å². The van der Waals surface area contributed by atoms with Gasteiger partial charge in [0.1, 0.15) is 11.6 Å². The fourth-order valence-electron chi connectivity index (χ4n) is 3.61. The van der Waals surface area contributed by atoms with E-state index in [9.17, 15) is 22.0 Å². The smallest absolute Gasteiger partial charge is 0.205 e. The molecule has 0 radical (unpaired) electrons. The average molecular weight is 410 g/mol. The molecule has 0 spiro atoms. The van der Waals surface area contributed by atoms with E-state index in [-0.39, 0.29) is 10.8 Å². The lowest BCUT2D eigenvalue weighted by molar-refractivity contribution is -0.0696. The first-order valence-electron chi connectivity index (χ1n) is 9.46. The van der Waals surface area contributed by atoms with Crippen LogP contribution in [0.1, 0.15) is 40.7 Å². The Bertz CT molecular complexity index is 1260. The highest BCUT2D eigenvalue weighted by atomic mass is 19.4. The molecule has 0 bridgehead atoms. The summed E-state index contributed by atoms with van der Waals surface area (Å²) in [4.78, 5) is 0. The van der Waals surface area contributed by atoms with Gasteiger partial charge < -0.3 is 0 Å². The molecule has 1 aliphatic carbocycles. The van der Waals surface area contributed by atoms with Crippen LogP contribution in [-0.2, 0) is 12.8 Å². The first-order chi connectivity index (χ1) is 14.3. The van der Waals surface area contributed by atoms with Crippen molar-refractivity contribution in [3.8, 4) is 23.7 Å². The van der Waals surface area contributed by atoms with Gasteiger partial charge in [0, 0.05) is 22.4 Å². The maximum Gasteiger partial charge on any atom is 0.458 e. The molecule has 0 unspecified atom stereocenters. The van der Waals surface area contributed by atoms with Crippen LogP contribution in [0.5, 0.6) is 0 Å². The summed E-state index contributed by atoms with van der Waals surface area (Å²) in [7, 11) is 0. The first kappa shape index (κ1) is 20.0. The van der Waals surface area contributed by atoms with Crippen LogP contribution in [0.4, 0.5) is 22.0 Å². The van der Waals surface area contributed by atoms with Gasteiger partial charge >= 0.3 is 6.18 Å². The van der Waals surface area contributed by atoms with Crippen molar-refractivity contribution in [2.75, 3.05) is 0 Å². The van der Waals surface area contributed by atoms with Gasteiger partial charge in [-0.25, -0.2) is 8.78 Å². The maximum atomic E-state index is 14.5. The van der Waals surface area contributed by atoms with Crippen LogP contribution >= 0.6 is 0 Å². The first-order valence-corrected chi connectivity index (χ1v) is 9.46. The number of alkyl halides is 3. The molecule has 0 N–H and O–H groups in total. The molecule has 0 amide bonds. The van der Waals surface area contributed by atoms with Gasteiger partial charge in [-0.05, 0) is 72.5 Å². The molecule has 0 aromatic heterocycles. The Morgan fingerprint density at radius 1 is 0.733 bits per heavy atom. The number of hydrogen-bond donors (Lipinski definition) is 0. The number of benzene rings is 3. The predicted octanol–water partition coefficient (Wildman–Crippen LogP) is 6.31. The van der Waals surface area contributed by atoms with E-state index in [1.165, 1.54) is 36.1 Å². The van der Waals surface area contributed by atoms with E-state index in [1.807, 2.05) is 6.07 Å². The topological polar surface area (TPSA) is 0 Å². The van der Waals surface area contributed by atoms with E-state index in [4.69, 9.17) is 0 Å². The fourth-order valence-corrected chi connectivity index (χ4v) is 3.61. The zero-order chi connectivity index (χ0) is 21.3. The summed E-state index contributed by atoms with van der Waals surface area (Å²) in [6.45, 7) is 0. The second-order valence-electron chi connectivity index (χ2n) is 7.17.